The van der Waals surface area contributed by atoms with Gasteiger partial charge >= 0.3 is 0 Å². The van der Waals surface area contributed by atoms with Crippen LogP contribution in [0.3, 0.4) is 0 Å². The molecule has 0 aromatic carbocycles. The predicted octanol–water partition coefficient (Wildman–Crippen LogP) is -10.0. The van der Waals surface area contributed by atoms with Crippen LogP contribution in [0.25, 0.3) is 0 Å². The molecule has 30 atom stereocenters. The van der Waals surface area contributed by atoms with Crippen molar-refractivity contribution in [2.45, 2.75) is 219 Å². The molecule has 0 bridgehead atoms. The zero-order chi connectivity index (χ0) is 50.4. The van der Waals surface area contributed by atoms with Crippen LogP contribution >= 0.6 is 0 Å². The van der Waals surface area contributed by atoms with Crippen LogP contribution in [0.15, 0.2) is 0 Å². The van der Waals surface area contributed by atoms with E-state index < -0.39 is 216 Å². The summed E-state index contributed by atoms with van der Waals surface area (Å²) < 4.78 is 65.1. The van der Waals surface area contributed by atoms with Crippen molar-refractivity contribution in [3.05, 3.63) is 0 Å². The molecule has 6 aliphatic rings. The summed E-state index contributed by atoms with van der Waals surface area (Å²) in [7, 11) is 0. The molecule has 6 rings (SSSR count). The highest BCUT2D eigenvalue weighted by Gasteiger charge is 2.58. The van der Waals surface area contributed by atoms with Crippen molar-refractivity contribution < 1.29 is 129 Å². The Morgan fingerprint density at radius 1 is 0.353 bits per heavy atom. The van der Waals surface area contributed by atoms with Crippen LogP contribution in [0, 0.1) is 5.41 Å². The Hall–Kier alpha value is -1.12. The fourth-order valence-corrected chi connectivity index (χ4v) is 9.27. The Kier molecular flexibility index (Phi) is 19.0. The van der Waals surface area contributed by atoms with Gasteiger partial charge in [-0.05, 0) is 19.3 Å². The minimum absolute atomic E-state index is 0.645. The molecule has 0 aromatic heterocycles. The molecule has 19 N–H and O–H groups in total. The smallest absolute Gasteiger partial charge is 0.187 e. The second-order valence-corrected chi connectivity index (χ2v) is 19.3. The molecule has 6 fully saturated rings. The zero-order valence-electron chi connectivity index (χ0n) is 38.0. The standard InChI is InChI=1S/C40H72N2O26/c1-10-18(47)23(52)26(55)36(58-10)66-31-17(42)35(67-32-22(51)14(8-45)61-38(28(32)57)65-30-16(41)34(40(3,4)5)60-13(7-44)21(30)50)63-15(9-46)29(31)64-39-33(25(54)20(49)12(6-43)62-39)68-37-27(56)24(53)19(48)11(2)59-37/h10-39,43-57H,6-9,41-42H2,1-5H3/t10?,11?,12?,13?,14?,15?,16?,17?,18-,19+,20+,21+,22+,23-,24?,25+,26?,27+,28?,29+,30-,31-,32+,33?,34?,35+,36-,37?,38+,39+/m1/s1. The van der Waals surface area contributed by atoms with Gasteiger partial charge in [-0.25, -0.2) is 0 Å². The van der Waals surface area contributed by atoms with E-state index in [1.165, 1.54) is 13.8 Å². The number of aliphatic hydroxyl groups excluding tert-OH is 15. The maximum absolute atomic E-state index is 11.8. The molecule has 6 aliphatic heterocycles. The van der Waals surface area contributed by atoms with Crippen molar-refractivity contribution in [1.29, 1.82) is 0 Å². The lowest BCUT2D eigenvalue weighted by atomic mass is 9.79. The third kappa shape index (κ3) is 11.3. The highest BCUT2D eigenvalue weighted by molar-refractivity contribution is 5.03. The molecule has 398 valence electrons. The fraction of sp³-hybridized carbons (Fsp3) is 1.00. The highest BCUT2D eigenvalue weighted by Crippen LogP contribution is 2.39. The number of aliphatic hydroxyl groups is 15. The Morgan fingerprint density at radius 2 is 0.750 bits per heavy atom. The van der Waals surface area contributed by atoms with Gasteiger partial charge in [0.05, 0.1) is 56.8 Å². The first kappa shape index (κ1) is 56.2. The molecule has 6 saturated heterocycles. The van der Waals surface area contributed by atoms with E-state index in [1.807, 2.05) is 0 Å². The molecular weight excluding hydrogens is 924 g/mol. The van der Waals surface area contributed by atoms with Crippen LogP contribution in [0.4, 0.5) is 0 Å². The van der Waals surface area contributed by atoms with Crippen molar-refractivity contribution in [3.8, 4) is 0 Å². The number of hydrogen-bond acceptors (Lipinski definition) is 28. The number of ether oxygens (including phenoxy) is 11. The van der Waals surface area contributed by atoms with Crippen LogP contribution < -0.4 is 11.5 Å². The topological polar surface area (TPSA) is 457 Å². The van der Waals surface area contributed by atoms with Gasteiger partial charge in [-0.15, -0.1) is 0 Å². The Balaban J connectivity index is 1.31. The SMILES string of the molecule is CC1OC(OC2[C@H](O[C@H]3C(CO)O[C@@H](O[C@@H]4C(O)[C@H](O[C@@H]5C(N)C(C(C)(C)C)OC(CO)[C@@H]5O)OC(CO)[C@@H]4O)C(N)[C@H]3O[C@H]3OC(C)[C@@H](O)[C@@H](O)C3O)OC(CO)[C@H](O)[C@@H]2O)[C@@H](O)C(O)[C@H]1O. The molecular formula is C40H72N2O26. The lowest BCUT2D eigenvalue weighted by Crippen LogP contribution is -2.71. The average Bonchev–Trinajstić information content (AvgIpc) is 3.29. The molecule has 0 spiro atoms. The maximum Gasteiger partial charge on any atom is 0.187 e. The molecule has 0 saturated carbocycles. The van der Waals surface area contributed by atoms with E-state index in [0.717, 1.165) is 0 Å². The van der Waals surface area contributed by atoms with Crippen molar-refractivity contribution in [2.24, 2.45) is 16.9 Å². The number of rotatable bonds is 14. The maximum atomic E-state index is 11.8. The van der Waals surface area contributed by atoms with E-state index in [1.54, 1.807) is 20.8 Å². The first-order chi connectivity index (χ1) is 31.9. The summed E-state index contributed by atoms with van der Waals surface area (Å²) >= 11 is 0. The molecule has 0 radical (unpaired) electrons. The first-order valence-corrected chi connectivity index (χ1v) is 22.5. The molecule has 0 aliphatic carbocycles. The Morgan fingerprint density at radius 3 is 1.26 bits per heavy atom. The van der Waals surface area contributed by atoms with Gasteiger partial charge in [-0.3, -0.25) is 0 Å². The molecule has 28 heteroatoms. The lowest BCUT2D eigenvalue weighted by molar-refractivity contribution is -0.399. The Bertz CT molecular complexity index is 1580. The third-order valence-corrected chi connectivity index (χ3v) is 13.4. The van der Waals surface area contributed by atoms with E-state index in [4.69, 9.17) is 63.6 Å². The van der Waals surface area contributed by atoms with Gasteiger partial charge in [0.25, 0.3) is 0 Å². The van der Waals surface area contributed by atoms with Gasteiger partial charge in [-0.1, -0.05) is 20.8 Å². The van der Waals surface area contributed by atoms with Crippen LogP contribution in [-0.2, 0) is 52.1 Å². The molecule has 0 aromatic rings. The van der Waals surface area contributed by atoms with Crippen molar-refractivity contribution in [1.82, 2.24) is 0 Å². The molecule has 28 nitrogen and oxygen atoms in total. The third-order valence-electron chi connectivity index (χ3n) is 13.4. The number of nitrogens with two attached hydrogens (primary N) is 2. The summed E-state index contributed by atoms with van der Waals surface area (Å²) in [4.78, 5) is 0. The van der Waals surface area contributed by atoms with Gasteiger partial charge in [0, 0.05) is 0 Å². The van der Waals surface area contributed by atoms with Crippen molar-refractivity contribution in [2.75, 3.05) is 26.4 Å². The van der Waals surface area contributed by atoms with E-state index >= 15 is 0 Å². The predicted molar refractivity (Wildman–Crippen MR) is 218 cm³/mol. The zero-order valence-corrected chi connectivity index (χ0v) is 38.0. The second-order valence-electron chi connectivity index (χ2n) is 19.3. The van der Waals surface area contributed by atoms with E-state index in [0.29, 0.717) is 0 Å². The van der Waals surface area contributed by atoms with Crippen molar-refractivity contribution >= 4 is 0 Å². The summed E-state index contributed by atoms with van der Waals surface area (Å²) in [6.45, 7) is 4.63. The van der Waals surface area contributed by atoms with Gasteiger partial charge in [0.1, 0.15) is 122 Å². The minimum Gasteiger partial charge on any atom is -0.394 e. The fourth-order valence-electron chi connectivity index (χ4n) is 9.27. The summed E-state index contributed by atoms with van der Waals surface area (Å²) in [6, 6.07) is -2.82. The van der Waals surface area contributed by atoms with E-state index in [-0.39, 0.29) is 0 Å². The highest BCUT2D eigenvalue weighted by atomic mass is 16.8. The average molecular weight is 997 g/mol. The van der Waals surface area contributed by atoms with Crippen LogP contribution in [0.1, 0.15) is 34.6 Å². The van der Waals surface area contributed by atoms with Gasteiger partial charge in [-0.2, -0.15) is 0 Å². The molecule has 14 unspecified atom stereocenters. The number of hydrogen-bond donors (Lipinski definition) is 17. The molecule has 0 amide bonds. The summed E-state index contributed by atoms with van der Waals surface area (Å²) in [6.07, 6.45) is -47.3. The largest absolute Gasteiger partial charge is 0.394 e. The van der Waals surface area contributed by atoms with Gasteiger partial charge in [0.2, 0.25) is 0 Å². The normalized spacial score (nSPS) is 53.0. The summed E-state index contributed by atoms with van der Waals surface area (Å²) in [5.41, 5.74) is 12.6. The summed E-state index contributed by atoms with van der Waals surface area (Å²) in [5, 5.41) is 161. The van der Waals surface area contributed by atoms with Gasteiger partial charge < -0.3 is 140 Å². The Labute approximate surface area is 390 Å². The molecule has 6 heterocycles. The van der Waals surface area contributed by atoms with E-state index in [2.05, 4.69) is 0 Å². The summed E-state index contributed by atoms with van der Waals surface area (Å²) in [5.74, 6) is 0. The second kappa shape index (κ2) is 23.0. The van der Waals surface area contributed by atoms with Crippen LogP contribution in [0.2, 0.25) is 0 Å². The first-order valence-electron chi connectivity index (χ1n) is 22.5. The quantitative estimate of drug-likeness (QED) is 0.0768. The minimum atomic E-state index is -2.01. The van der Waals surface area contributed by atoms with Gasteiger partial charge in [0.15, 0.2) is 31.5 Å². The van der Waals surface area contributed by atoms with Crippen molar-refractivity contribution in [3.63, 3.8) is 0 Å². The monoisotopic (exact) mass is 996 g/mol. The van der Waals surface area contributed by atoms with E-state index in [9.17, 15) is 76.6 Å². The van der Waals surface area contributed by atoms with Crippen LogP contribution in [-0.4, -0.2) is 287 Å². The molecule has 68 heavy (non-hydrogen) atoms. The lowest BCUT2D eigenvalue weighted by Gasteiger charge is -2.52. The van der Waals surface area contributed by atoms with Crippen LogP contribution in [0.5, 0.6) is 0 Å².